The number of rotatable bonds is 5. The molecule has 0 saturated carbocycles. The number of methoxy groups -OCH3 is 2. The van der Waals surface area contributed by atoms with Gasteiger partial charge in [0.15, 0.2) is 5.69 Å². The number of thioether (sulfide) groups is 1. The van der Waals surface area contributed by atoms with Crippen molar-refractivity contribution >= 4 is 17.7 Å². The quantitative estimate of drug-likeness (QED) is 0.691. The molecule has 0 radical (unpaired) electrons. The number of hydrogen-bond donors (Lipinski definition) is 1. The summed E-state index contributed by atoms with van der Waals surface area (Å²) in [4.78, 5) is 14.2. The molecule has 0 fully saturated rings. The monoisotopic (exact) mass is 409 g/mol. The highest BCUT2D eigenvalue weighted by atomic mass is 32.2. The topological polar surface area (TPSA) is 65.4 Å². The fourth-order valence-corrected chi connectivity index (χ4v) is 4.63. The minimum Gasteiger partial charge on any atom is -0.497 e. The van der Waals surface area contributed by atoms with Crippen molar-refractivity contribution in [2.24, 2.45) is 7.05 Å². The lowest BCUT2D eigenvalue weighted by Gasteiger charge is -2.18. The molecule has 2 aromatic carbocycles. The van der Waals surface area contributed by atoms with Crippen LogP contribution in [-0.2, 0) is 19.3 Å². The Kier molecular flexibility index (Phi) is 5.24. The Morgan fingerprint density at radius 2 is 2.03 bits per heavy atom. The van der Waals surface area contributed by atoms with Gasteiger partial charge in [-0.2, -0.15) is 5.10 Å². The summed E-state index contributed by atoms with van der Waals surface area (Å²) in [5, 5.41) is 7.52. The van der Waals surface area contributed by atoms with Gasteiger partial charge in [0.05, 0.1) is 19.9 Å². The first-order valence-corrected chi connectivity index (χ1v) is 10.3. The van der Waals surface area contributed by atoms with Gasteiger partial charge in [0.25, 0.3) is 5.91 Å². The first kappa shape index (κ1) is 19.4. The molecule has 1 aliphatic rings. The molecule has 2 heterocycles. The molecule has 1 N–H and O–H groups in total. The number of benzene rings is 2. The highest BCUT2D eigenvalue weighted by Crippen LogP contribution is 2.42. The second-order valence-electron chi connectivity index (χ2n) is 6.95. The molecule has 1 aromatic heterocycles. The number of carbonyl (C=O) groups is 1. The number of aryl methyl sites for hydroxylation is 2. The molecule has 1 aliphatic heterocycles. The number of carbonyl (C=O) groups excluding carboxylic acids is 1. The van der Waals surface area contributed by atoms with E-state index >= 15 is 0 Å². The summed E-state index contributed by atoms with van der Waals surface area (Å²) in [5.41, 5.74) is 5.69. The van der Waals surface area contributed by atoms with Gasteiger partial charge in [0.1, 0.15) is 11.5 Å². The highest BCUT2D eigenvalue weighted by Gasteiger charge is 2.27. The van der Waals surface area contributed by atoms with Crippen LogP contribution in [-0.4, -0.2) is 29.9 Å². The first-order chi connectivity index (χ1) is 14.0. The average Bonchev–Trinajstić information content (AvgIpc) is 3.08. The Balaban J connectivity index is 1.59. The largest absolute Gasteiger partial charge is 0.497 e. The lowest BCUT2D eigenvalue weighted by molar-refractivity contribution is 0.0944. The van der Waals surface area contributed by atoms with Crippen LogP contribution in [0.2, 0.25) is 0 Å². The minimum absolute atomic E-state index is 0.184. The summed E-state index contributed by atoms with van der Waals surface area (Å²) >= 11 is 1.74. The molecule has 0 spiro atoms. The molecular formula is C22H23N3O3S. The summed E-state index contributed by atoms with van der Waals surface area (Å²) in [5.74, 6) is 1.93. The Bertz CT molecular complexity index is 1090. The number of ether oxygens (including phenoxy) is 2. The van der Waals surface area contributed by atoms with Crippen molar-refractivity contribution in [3.8, 4) is 22.8 Å². The number of fused-ring (bicyclic) bond motifs is 3. The van der Waals surface area contributed by atoms with Crippen molar-refractivity contribution in [3.63, 3.8) is 0 Å². The van der Waals surface area contributed by atoms with Gasteiger partial charge in [-0.1, -0.05) is 11.6 Å². The summed E-state index contributed by atoms with van der Waals surface area (Å²) in [7, 11) is 5.11. The minimum atomic E-state index is -0.184. The van der Waals surface area contributed by atoms with Gasteiger partial charge in [0.2, 0.25) is 0 Å². The number of amides is 1. The Hall–Kier alpha value is -2.93. The summed E-state index contributed by atoms with van der Waals surface area (Å²) in [6.07, 6.45) is 0. The van der Waals surface area contributed by atoms with Crippen LogP contribution >= 0.6 is 11.8 Å². The summed E-state index contributed by atoms with van der Waals surface area (Å²) in [6.45, 7) is 2.42. The van der Waals surface area contributed by atoms with E-state index < -0.39 is 0 Å². The zero-order valence-corrected chi connectivity index (χ0v) is 17.7. The Morgan fingerprint density at radius 3 is 2.79 bits per heavy atom. The smallest absolute Gasteiger partial charge is 0.272 e. The van der Waals surface area contributed by atoms with E-state index in [0.29, 0.717) is 23.7 Å². The molecule has 4 rings (SSSR count). The molecule has 3 aromatic rings. The van der Waals surface area contributed by atoms with Gasteiger partial charge >= 0.3 is 0 Å². The maximum absolute atomic E-state index is 12.9. The second-order valence-corrected chi connectivity index (χ2v) is 7.97. The number of nitrogens with zero attached hydrogens (tertiary/aromatic N) is 2. The molecule has 0 unspecified atom stereocenters. The second kappa shape index (κ2) is 7.83. The molecule has 1 amide bonds. The van der Waals surface area contributed by atoms with Crippen LogP contribution < -0.4 is 14.8 Å². The van der Waals surface area contributed by atoms with E-state index in [2.05, 4.69) is 35.5 Å². The van der Waals surface area contributed by atoms with Crippen molar-refractivity contribution in [2.45, 2.75) is 24.1 Å². The lowest BCUT2D eigenvalue weighted by atomic mass is 10.0. The fraction of sp³-hybridized carbons (Fsp3) is 0.273. The predicted molar refractivity (Wildman–Crippen MR) is 114 cm³/mol. The predicted octanol–water partition coefficient (Wildman–Crippen LogP) is 3.95. The maximum Gasteiger partial charge on any atom is 0.272 e. The van der Waals surface area contributed by atoms with Crippen molar-refractivity contribution in [2.75, 3.05) is 14.2 Å². The van der Waals surface area contributed by atoms with Gasteiger partial charge < -0.3 is 14.8 Å². The fourth-order valence-electron chi connectivity index (χ4n) is 3.59. The Morgan fingerprint density at radius 1 is 1.21 bits per heavy atom. The van der Waals surface area contributed by atoms with Crippen molar-refractivity contribution in [1.82, 2.24) is 15.1 Å². The lowest BCUT2D eigenvalue weighted by Crippen LogP contribution is -2.24. The average molecular weight is 410 g/mol. The van der Waals surface area contributed by atoms with Gasteiger partial charge in [-0.05, 0) is 31.2 Å². The molecule has 29 heavy (non-hydrogen) atoms. The molecular weight excluding hydrogens is 386 g/mol. The van der Waals surface area contributed by atoms with Crippen molar-refractivity contribution in [3.05, 3.63) is 58.8 Å². The molecule has 0 saturated heterocycles. The molecule has 6 nitrogen and oxygen atoms in total. The van der Waals surface area contributed by atoms with Crippen LogP contribution in [0.1, 0.15) is 27.2 Å². The third-order valence-electron chi connectivity index (χ3n) is 5.06. The number of hydrogen-bond acceptors (Lipinski definition) is 5. The van der Waals surface area contributed by atoms with E-state index in [-0.39, 0.29) is 5.91 Å². The SMILES string of the molecule is COc1ccc(CNC(=O)c2nn(C)c3c2CSc2ccc(C)cc2-3)c(OC)c1. The maximum atomic E-state index is 12.9. The third kappa shape index (κ3) is 3.58. The zero-order valence-electron chi connectivity index (χ0n) is 16.9. The van der Waals surface area contributed by atoms with Crippen LogP contribution in [0.4, 0.5) is 0 Å². The van der Waals surface area contributed by atoms with Gasteiger partial charge in [-0.25, -0.2) is 0 Å². The Labute approximate surface area is 174 Å². The highest BCUT2D eigenvalue weighted by molar-refractivity contribution is 7.98. The number of nitrogens with one attached hydrogen (secondary N) is 1. The van der Waals surface area contributed by atoms with Gasteiger partial charge in [-0.15, -0.1) is 11.8 Å². The van der Waals surface area contributed by atoms with E-state index in [9.17, 15) is 4.79 Å². The molecule has 0 aliphatic carbocycles. The first-order valence-electron chi connectivity index (χ1n) is 9.30. The normalized spacial score (nSPS) is 12.1. The van der Waals surface area contributed by atoms with Gasteiger partial charge in [0, 0.05) is 47.0 Å². The van der Waals surface area contributed by atoms with Crippen LogP contribution in [0.5, 0.6) is 11.5 Å². The molecule has 7 heteroatoms. The molecule has 0 bridgehead atoms. The summed E-state index contributed by atoms with van der Waals surface area (Å²) < 4.78 is 12.5. The number of aromatic nitrogens is 2. The van der Waals surface area contributed by atoms with E-state index in [1.807, 2.05) is 23.9 Å². The van der Waals surface area contributed by atoms with E-state index in [1.165, 1.54) is 10.5 Å². The van der Waals surface area contributed by atoms with Crippen molar-refractivity contribution in [1.29, 1.82) is 0 Å². The van der Waals surface area contributed by atoms with Crippen LogP contribution in [0.25, 0.3) is 11.3 Å². The molecule has 0 atom stereocenters. The zero-order chi connectivity index (χ0) is 20.5. The van der Waals surface area contributed by atoms with Crippen LogP contribution in [0, 0.1) is 6.92 Å². The van der Waals surface area contributed by atoms with Crippen LogP contribution in [0.3, 0.4) is 0 Å². The van der Waals surface area contributed by atoms with E-state index in [4.69, 9.17) is 9.47 Å². The summed E-state index contributed by atoms with van der Waals surface area (Å²) in [6, 6.07) is 12.0. The van der Waals surface area contributed by atoms with Gasteiger partial charge in [-0.3, -0.25) is 9.48 Å². The van der Waals surface area contributed by atoms with E-state index in [1.54, 1.807) is 32.0 Å². The standard InChI is InChI=1S/C22H23N3O3S/c1-13-5-8-19-16(9-13)21-17(12-29-19)20(24-25(21)2)22(26)23-11-14-6-7-15(27-3)10-18(14)28-4/h5-10H,11-12H2,1-4H3,(H,23,26). The van der Waals surface area contributed by atoms with Crippen molar-refractivity contribution < 1.29 is 14.3 Å². The third-order valence-corrected chi connectivity index (χ3v) is 6.16. The van der Waals surface area contributed by atoms with E-state index in [0.717, 1.165) is 28.1 Å². The van der Waals surface area contributed by atoms with Crippen LogP contribution in [0.15, 0.2) is 41.3 Å². The molecule has 150 valence electrons.